The van der Waals surface area contributed by atoms with Gasteiger partial charge >= 0.3 is 0 Å². The predicted octanol–water partition coefficient (Wildman–Crippen LogP) is 2.67. The first-order chi connectivity index (χ1) is 10.0. The van der Waals surface area contributed by atoms with E-state index in [2.05, 4.69) is 4.98 Å². The Balaban J connectivity index is 0.00000242. The van der Waals surface area contributed by atoms with Crippen molar-refractivity contribution < 1.29 is 13.6 Å². The summed E-state index contributed by atoms with van der Waals surface area (Å²) < 4.78 is 18.2. The number of likely N-dealkylation sites (N-methyl/N-ethyl adjacent to an activating group) is 1. The number of hydrogen-bond acceptors (Lipinski definition) is 4. The quantitative estimate of drug-likeness (QED) is 0.886. The minimum atomic E-state index is -0.321. The summed E-state index contributed by atoms with van der Waals surface area (Å²) in [5, 5.41) is 0. The minimum Gasteiger partial charge on any atom is -0.444 e. The van der Waals surface area contributed by atoms with Crippen LogP contribution in [0, 0.1) is 5.82 Å². The number of carbonyl (C=O) groups excluding carboxylic acids is 1. The molecule has 0 saturated carbocycles. The Bertz CT molecular complexity index is 619. The summed E-state index contributed by atoms with van der Waals surface area (Å²) >= 11 is 0. The first-order valence-electron chi connectivity index (χ1n) is 6.67. The minimum absolute atomic E-state index is 0. The second-order valence-electron chi connectivity index (χ2n) is 4.92. The molecular weight excluding hydrogens is 344 g/mol. The summed E-state index contributed by atoms with van der Waals surface area (Å²) in [5.41, 5.74) is 6.74. The molecule has 1 heterocycles. The van der Waals surface area contributed by atoms with E-state index in [1.165, 1.54) is 18.4 Å². The van der Waals surface area contributed by atoms with Gasteiger partial charge in [0.1, 0.15) is 12.1 Å². The Labute approximate surface area is 146 Å². The van der Waals surface area contributed by atoms with Crippen molar-refractivity contribution in [3.63, 3.8) is 0 Å². The van der Waals surface area contributed by atoms with Gasteiger partial charge in [0.15, 0.2) is 0 Å². The lowest BCUT2D eigenvalue weighted by molar-refractivity contribution is -0.130. The number of oxazole rings is 1. The van der Waals surface area contributed by atoms with E-state index in [0.29, 0.717) is 23.7 Å². The van der Waals surface area contributed by atoms with Crippen LogP contribution in [0.5, 0.6) is 0 Å². The monoisotopic (exact) mass is 363 g/mol. The van der Waals surface area contributed by atoms with Gasteiger partial charge in [0.25, 0.3) is 0 Å². The summed E-state index contributed by atoms with van der Waals surface area (Å²) in [6.07, 6.45) is 1.59. The van der Waals surface area contributed by atoms with Crippen LogP contribution in [0.4, 0.5) is 4.39 Å². The number of nitrogens with zero attached hydrogens (tertiary/aromatic N) is 2. The molecule has 0 aliphatic heterocycles. The predicted molar refractivity (Wildman–Crippen MR) is 91.4 cm³/mol. The highest BCUT2D eigenvalue weighted by molar-refractivity contribution is 5.85. The van der Waals surface area contributed by atoms with Gasteiger partial charge < -0.3 is 15.1 Å². The summed E-state index contributed by atoms with van der Waals surface area (Å²) in [6, 6.07) is 5.80. The van der Waals surface area contributed by atoms with E-state index in [-0.39, 0.29) is 49.0 Å². The number of rotatable bonds is 5. The number of hydrogen-bond donors (Lipinski definition) is 1. The van der Waals surface area contributed by atoms with Crippen molar-refractivity contribution in [1.29, 1.82) is 0 Å². The Hall–Kier alpha value is -1.63. The Morgan fingerprint density at radius 1 is 1.35 bits per heavy atom. The topological polar surface area (TPSA) is 72.4 Å². The summed E-state index contributed by atoms with van der Waals surface area (Å²) in [5.74, 6) is -0.0302. The van der Waals surface area contributed by atoms with E-state index in [9.17, 15) is 9.18 Å². The van der Waals surface area contributed by atoms with Crippen LogP contribution in [0.15, 0.2) is 34.9 Å². The van der Waals surface area contributed by atoms with Gasteiger partial charge in [-0.15, -0.1) is 24.8 Å². The van der Waals surface area contributed by atoms with Crippen molar-refractivity contribution >= 4 is 30.7 Å². The van der Waals surface area contributed by atoms with Crippen molar-refractivity contribution in [2.24, 2.45) is 5.73 Å². The molecule has 2 rings (SSSR count). The Morgan fingerprint density at radius 2 is 1.96 bits per heavy atom. The maximum atomic E-state index is 12.9. The molecule has 2 aromatic rings. The zero-order chi connectivity index (χ0) is 15.4. The second-order valence-corrected chi connectivity index (χ2v) is 4.92. The molecule has 2 N–H and O–H groups in total. The van der Waals surface area contributed by atoms with Gasteiger partial charge in [-0.25, -0.2) is 9.37 Å². The van der Waals surface area contributed by atoms with Crippen molar-refractivity contribution in [1.82, 2.24) is 9.88 Å². The molecule has 23 heavy (non-hydrogen) atoms. The standard InChI is InChI=1S/C15H18FN3O2.2ClH/c1-10(8-17)19(2)14(20)7-13-9-21-15(18-13)11-3-5-12(16)6-4-11;;/h3-6,9-10H,7-8,17H2,1-2H3;2*1H. The van der Waals surface area contributed by atoms with Crippen LogP contribution in [0.25, 0.3) is 11.5 Å². The van der Waals surface area contributed by atoms with E-state index in [1.807, 2.05) is 6.92 Å². The van der Waals surface area contributed by atoms with E-state index < -0.39 is 0 Å². The zero-order valence-electron chi connectivity index (χ0n) is 12.9. The molecule has 0 aliphatic carbocycles. The molecule has 0 aliphatic rings. The molecule has 1 aromatic carbocycles. The average molecular weight is 364 g/mol. The normalized spacial score (nSPS) is 11.1. The van der Waals surface area contributed by atoms with Crippen molar-refractivity contribution in [2.75, 3.05) is 13.6 Å². The SMILES string of the molecule is CC(CN)N(C)C(=O)Cc1coc(-c2ccc(F)cc2)n1.Cl.Cl. The lowest BCUT2D eigenvalue weighted by atomic mass is 10.2. The van der Waals surface area contributed by atoms with Crippen LogP contribution in [-0.2, 0) is 11.2 Å². The maximum absolute atomic E-state index is 12.9. The number of amides is 1. The van der Waals surface area contributed by atoms with Crippen LogP contribution >= 0.6 is 24.8 Å². The van der Waals surface area contributed by atoms with Crippen LogP contribution < -0.4 is 5.73 Å². The molecule has 0 fully saturated rings. The Kier molecular flexibility index (Phi) is 8.82. The molecule has 128 valence electrons. The van der Waals surface area contributed by atoms with Crippen molar-refractivity contribution in [2.45, 2.75) is 19.4 Å². The smallest absolute Gasteiger partial charge is 0.228 e. The molecule has 1 amide bonds. The number of benzene rings is 1. The molecule has 0 spiro atoms. The number of aromatic nitrogens is 1. The van der Waals surface area contributed by atoms with Gasteiger partial charge in [-0.05, 0) is 31.2 Å². The number of carbonyl (C=O) groups is 1. The van der Waals surface area contributed by atoms with Gasteiger partial charge in [-0.1, -0.05) is 0 Å². The lowest BCUT2D eigenvalue weighted by Gasteiger charge is -2.23. The van der Waals surface area contributed by atoms with E-state index >= 15 is 0 Å². The van der Waals surface area contributed by atoms with Crippen molar-refractivity contribution in [3.8, 4) is 11.5 Å². The highest BCUT2D eigenvalue weighted by atomic mass is 35.5. The summed E-state index contributed by atoms with van der Waals surface area (Å²) in [4.78, 5) is 17.9. The molecule has 0 bridgehead atoms. The molecule has 1 atom stereocenters. The average Bonchev–Trinajstić information content (AvgIpc) is 2.94. The number of halogens is 3. The van der Waals surface area contributed by atoms with Gasteiger partial charge in [0, 0.05) is 25.2 Å². The van der Waals surface area contributed by atoms with E-state index in [0.717, 1.165) is 0 Å². The second kappa shape index (κ2) is 9.50. The van der Waals surface area contributed by atoms with Gasteiger partial charge in [-0.2, -0.15) is 0 Å². The van der Waals surface area contributed by atoms with Crippen LogP contribution in [-0.4, -0.2) is 35.4 Å². The van der Waals surface area contributed by atoms with Gasteiger partial charge in [0.05, 0.1) is 12.1 Å². The van der Waals surface area contributed by atoms with E-state index in [1.54, 1.807) is 24.1 Å². The van der Waals surface area contributed by atoms with Gasteiger partial charge in [0.2, 0.25) is 11.8 Å². The highest BCUT2D eigenvalue weighted by Crippen LogP contribution is 2.19. The third-order valence-electron chi connectivity index (χ3n) is 3.37. The van der Waals surface area contributed by atoms with Gasteiger partial charge in [-0.3, -0.25) is 4.79 Å². The summed E-state index contributed by atoms with van der Waals surface area (Å²) in [7, 11) is 1.71. The fraction of sp³-hybridized carbons (Fsp3) is 0.333. The zero-order valence-corrected chi connectivity index (χ0v) is 14.5. The largest absolute Gasteiger partial charge is 0.444 e. The third-order valence-corrected chi connectivity index (χ3v) is 3.37. The molecule has 0 radical (unpaired) electrons. The lowest BCUT2D eigenvalue weighted by Crippen LogP contribution is -2.40. The molecule has 0 saturated heterocycles. The highest BCUT2D eigenvalue weighted by Gasteiger charge is 2.17. The molecule has 8 heteroatoms. The first kappa shape index (κ1) is 21.4. The first-order valence-corrected chi connectivity index (χ1v) is 6.67. The third kappa shape index (κ3) is 5.49. The van der Waals surface area contributed by atoms with Crippen molar-refractivity contribution in [3.05, 3.63) is 42.0 Å². The summed E-state index contributed by atoms with van der Waals surface area (Å²) in [6.45, 7) is 2.28. The van der Waals surface area contributed by atoms with Crippen LogP contribution in [0.1, 0.15) is 12.6 Å². The van der Waals surface area contributed by atoms with E-state index in [4.69, 9.17) is 10.2 Å². The molecule has 1 aromatic heterocycles. The Morgan fingerprint density at radius 3 is 2.52 bits per heavy atom. The fourth-order valence-electron chi connectivity index (χ4n) is 1.80. The number of nitrogens with two attached hydrogens (primary N) is 1. The fourth-order valence-corrected chi connectivity index (χ4v) is 1.80. The van der Waals surface area contributed by atoms with Crippen LogP contribution in [0.3, 0.4) is 0 Å². The maximum Gasteiger partial charge on any atom is 0.228 e. The van der Waals surface area contributed by atoms with Crippen LogP contribution in [0.2, 0.25) is 0 Å². The molecule has 1 unspecified atom stereocenters. The molecule has 5 nitrogen and oxygen atoms in total. The molecular formula is C15H20Cl2FN3O2.